The topological polar surface area (TPSA) is 26.3 Å². The van der Waals surface area contributed by atoms with Crippen LogP contribution >= 0.6 is 24.2 Å². The molecule has 19 heavy (non-hydrogen) atoms. The van der Waals surface area contributed by atoms with E-state index in [0.717, 1.165) is 5.56 Å². The predicted molar refractivity (Wildman–Crippen MR) is 74.2 cm³/mol. The van der Waals surface area contributed by atoms with E-state index in [2.05, 4.69) is 12.6 Å². The van der Waals surface area contributed by atoms with Crippen LogP contribution in [-0.2, 0) is 11.3 Å². The molecule has 0 spiro atoms. The molecule has 0 radical (unpaired) electrons. The van der Waals surface area contributed by atoms with E-state index in [0.29, 0.717) is 5.02 Å². The Bertz CT molecular complexity index is 616. The van der Waals surface area contributed by atoms with Crippen molar-refractivity contribution < 1.29 is 13.9 Å². The van der Waals surface area contributed by atoms with Crippen LogP contribution in [0.25, 0.3) is 0 Å². The number of carbonyl (C=O) groups excluding carboxylic acids is 1. The molecule has 0 saturated carbocycles. The summed E-state index contributed by atoms with van der Waals surface area (Å²) < 4.78 is 18.1. The van der Waals surface area contributed by atoms with E-state index in [1.165, 1.54) is 18.2 Å². The second kappa shape index (κ2) is 6.08. The van der Waals surface area contributed by atoms with Crippen LogP contribution in [0.15, 0.2) is 47.4 Å². The van der Waals surface area contributed by atoms with Gasteiger partial charge in [-0.05, 0) is 35.9 Å². The van der Waals surface area contributed by atoms with Gasteiger partial charge in [-0.1, -0.05) is 23.7 Å². The van der Waals surface area contributed by atoms with Crippen molar-refractivity contribution in [1.82, 2.24) is 0 Å². The molecule has 0 fully saturated rings. The number of hydrogen-bond donors (Lipinski definition) is 1. The minimum atomic E-state index is -0.532. The van der Waals surface area contributed by atoms with E-state index < -0.39 is 11.8 Å². The molecule has 2 nitrogen and oxygen atoms in total. The quantitative estimate of drug-likeness (QED) is 0.681. The number of halogens is 2. The van der Waals surface area contributed by atoms with Gasteiger partial charge in [0.05, 0.1) is 5.56 Å². The van der Waals surface area contributed by atoms with Crippen molar-refractivity contribution in [2.45, 2.75) is 11.5 Å². The van der Waals surface area contributed by atoms with Crippen molar-refractivity contribution in [2.75, 3.05) is 0 Å². The number of hydrogen-bond acceptors (Lipinski definition) is 3. The molecule has 0 N–H and O–H groups in total. The summed E-state index contributed by atoms with van der Waals surface area (Å²) in [6.45, 7) is 0.110. The molecule has 98 valence electrons. The van der Waals surface area contributed by atoms with Crippen LogP contribution < -0.4 is 0 Å². The fraction of sp³-hybridized carbons (Fsp3) is 0.0714. The van der Waals surface area contributed by atoms with Gasteiger partial charge in [-0.25, -0.2) is 9.18 Å². The van der Waals surface area contributed by atoms with Crippen molar-refractivity contribution >= 4 is 30.2 Å². The van der Waals surface area contributed by atoms with Gasteiger partial charge in [0.2, 0.25) is 0 Å². The highest BCUT2D eigenvalue weighted by atomic mass is 35.5. The maximum atomic E-state index is 13.0. The van der Waals surface area contributed by atoms with Crippen LogP contribution in [0.2, 0.25) is 5.02 Å². The maximum Gasteiger partial charge on any atom is 0.338 e. The summed E-state index contributed by atoms with van der Waals surface area (Å²) in [4.78, 5) is 11.9. The highest BCUT2D eigenvalue weighted by Crippen LogP contribution is 2.16. The largest absolute Gasteiger partial charge is 0.457 e. The molecule has 0 aliphatic rings. The highest BCUT2D eigenvalue weighted by Gasteiger charge is 2.09. The zero-order valence-corrected chi connectivity index (χ0v) is 11.4. The summed E-state index contributed by atoms with van der Waals surface area (Å²) in [5.74, 6) is -1.01. The van der Waals surface area contributed by atoms with Gasteiger partial charge in [-0.2, -0.15) is 0 Å². The van der Waals surface area contributed by atoms with E-state index in [9.17, 15) is 9.18 Å². The van der Waals surface area contributed by atoms with Crippen LogP contribution in [0.3, 0.4) is 0 Å². The molecule has 2 rings (SSSR count). The van der Waals surface area contributed by atoms with E-state index in [1.807, 2.05) is 0 Å². The number of thiol groups is 1. The summed E-state index contributed by atoms with van der Waals surface area (Å²) in [6, 6.07) is 10.9. The number of benzene rings is 2. The minimum absolute atomic E-state index is 0.109. The second-order valence-electron chi connectivity index (χ2n) is 3.87. The summed E-state index contributed by atoms with van der Waals surface area (Å²) in [5, 5.41) is 0.577. The molecular formula is C14H10ClFO2S. The van der Waals surface area contributed by atoms with Gasteiger partial charge in [0, 0.05) is 9.92 Å². The minimum Gasteiger partial charge on any atom is -0.457 e. The standard InChI is InChI=1S/C14H10ClFO2S/c15-11-3-1-2-9(6-11)8-18-14(17)10-4-5-12(16)13(19)7-10/h1-7,19H,8H2. The molecule has 0 aliphatic carbocycles. The lowest BCUT2D eigenvalue weighted by atomic mass is 10.2. The smallest absolute Gasteiger partial charge is 0.338 e. The Morgan fingerprint density at radius 3 is 2.74 bits per heavy atom. The van der Waals surface area contributed by atoms with Crippen molar-refractivity contribution in [2.24, 2.45) is 0 Å². The molecule has 2 aromatic carbocycles. The second-order valence-corrected chi connectivity index (χ2v) is 4.79. The monoisotopic (exact) mass is 296 g/mol. The molecule has 0 aliphatic heterocycles. The lowest BCUT2D eigenvalue weighted by molar-refractivity contribution is 0.0472. The van der Waals surface area contributed by atoms with Crippen molar-refractivity contribution in [3.8, 4) is 0 Å². The van der Waals surface area contributed by atoms with Crippen LogP contribution in [0.4, 0.5) is 4.39 Å². The van der Waals surface area contributed by atoms with Gasteiger partial charge in [-0.3, -0.25) is 0 Å². The van der Waals surface area contributed by atoms with Crippen molar-refractivity contribution in [3.63, 3.8) is 0 Å². The van der Waals surface area contributed by atoms with Gasteiger partial charge in [0.25, 0.3) is 0 Å². The average molecular weight is 297 g/mol. The van der Waals surface area contributed by atoms with Crippen LogP contribution in [0.5, 0.6) is 0 Å². The summed E-state index contributed by atoms with van der Waals surface area (Å²) in [5.41, 5.74) is 1.04. The Hall–Kier alpha value is -1.52. The molecule has 0 atom stereocenters. The Morgan fingerprint density at radius 1 is 1.26 bits per heavy atom. The number of esters is 1. The first-order valence-corrected chi connectivity index (χ1v) is 6.29. The Morgan fingerprint density at radius 2 is 2.05 bits per heavy atom. The predicted octanol–water partition coefficient (Wildman–Crippen LogP) is 4.12. The summed E-state index contributed by atoms with van der Waals surface area (Å²) >= 11 is 9.74. The Balaban J connectivity index is 2.03. The zero-order chi connectivity index (χ0) is 13.8. The fourth-order valence-electron chi connectivity index (χ4n) is 1.50. The molecule has 0 bridgehead atoms. The third-order valence-corrected chi connectivity index (χ3v) is 3.02. The molecule has 0 heterocycles. The Kier molecular flexibility index (Phi) is 4.45. The van der Waals surface area contributed by atoms with Gasteiger partial charge in [-0.15, -0.1) is 12.6 Å². The molecule has 0 aromatic heterocycles. The van der Waals surface area contributed by atoms with E-state index in [1.54, 1.807) is 24.3 Å². The molecule has 0 unspecified atom stereocenters. The first kappa shape index (κ1) is 13.9. The lowest BCUT2D eigenvalue weighted by Gasteiger charge is -2.06. The molecule has 5 heteroatoms. The number of rotatable bonds is 3. The maximum absolute atomic E-state index is 13.0. The highest BCUT2D eigenvalue weighted by molar-refractivity contribution is 7.80. The van der Waals surface area contributed by atoms with Gasteiger partial charge >= 0.3 is 5.97 Å². The molecule has 2 aromatic rings. The average Bonchev–Trinajstić information content (AvgIpc) is 2.39. The summed E-state index contributed by atoms with van der Waals surface area (Å²) in [6.07, 6.45) is 0. The third-order valence-electron chi connectivity index (χ3n) is 2.44. The van der Waals surface area contributed by atoms with E-state index >= 15 is 0 Å². The first-order chi connectivity index (χ1) is 9.06. The number of carbonyl (C=O) groups is 1. The van der Waals surface area contributed by atoms with Gasteiger partial charge in [0.15, 0.2) is 0 Å². The fourth-order valence-corrected chi connectivity index (χ4v) is 1.93. The molecule has 0 saturated heterocycles. The van der Waals surface area contributed by atoms with Crippen LogP contribution in [-0.4, -0.2) is 5.97 Å². The summed E-state index contributed by atoms with van der Waals surface area (Å²) in [7, 11) is 0. The first-order valence-electron chi connectivity index (χ1n) is 5.46. The van der Waals surface area contributed by atoms with Crippen molar-refractivity contribution in [1.29, 1.82) is 0 Å². The normalized spacial score (nSPS) is 10.3. The van der Waals surface area contributed by atoms with Crippen LogP contribution in [0, 0.1) is 5.82 Å². The molecule has 0 amide bonds. The third kappa shape index (κ3) is 3.72. The number of ether oxygens (including phenoxy) is 1. The van der Waals surface area contributed by atoms with Crippen LogP contribution in [0.1, 0.15) is 15.9 Å². The molecular weight excluding hydrogens is 287 g/mol. The van der Waals surface area contributed by atoms with Gasteiger partial charge < -0.3 is 4.74 Å². The van der Waals surface area contributed by atoms with E-state index in [4.69, 9.17) is 16.3 Å². The van der Waals surface area contributed by atoms with Crippen molar-refractivity contribution in [3.05, 3.63) is 64.4 Å². The lowest BCUT2D eigenvalue weighted by Crippen LogP contribution is -2.05. The SMILES string of the molecule is O=C(OCc1cccc(Cl)c1)c1ccc(F)c(S)c1. The van der Waals surface area contributed by atoms with Gasteiger partial charge in [0.1, 0.15) is 12.4 Å². The zero-order valence-electron chi connectivity index (χ0n) is 9.77. The Labute approximate surface area is 120 Å². The van der Waals surface area contributed by atoms with E-state index in [-0.39, 0.29) is 17.1 Å².